The Hall–Kier alpha value is -3.58. The lowest BCUT2D eigenvalue weighted by atomic mass is 10.2. The van der Waals surface area contributed by atoms with E-state index in [0.717, 1.165) is 0 Å². The lowest BCUT2D eigenvalue weighted by Crippen LogP contribution is -2.10. The highest BCUT2D eigenvalue weighted by atomic mass is 16.6. The first kappa shape index (κ1) is 22.7. The molecule has 6 nitrogen and oxygen atoms in total. The van der Waals surface area contributed by atoms with Gasteiger partial charge in [-0.3, -0.25) is 0 Å². The molecule has 154 valence electrons. The Bertz CT molecular complexity index is 823. The molecule has 0 atom stereocenters. The molecule has 0 fully saturated rings. The molecule has 0 aromatic heterocycles. The Balaban J connectivity index is 1.44. The van der Waals surface area contributed by atoms with Crippen LogP contribution in [-0.2, 0) is 18.9 Å². The monoisotopic (exact) mass is 406 g/mol. The Morgan fingerprint density at radius 3 is 1.40 bits per heavy atom. The van der Waals surface area contributed by atoms with E-state index in [4.69, 9.17) is 18.9 Å². The van der Waals surface area contributed by atoms with Gasteiger partial charge in [0.15, 0.2) is 0 Å². The lowest BCUT2D eigenvalue weighted by Gasteiger charge is -2.04. The quantitative estimate of drug-likeness (QED) is 0.343. The summed E-state index contributed by atoms with van der Waals surface area (Å²) in [6.45, 7) is 1.20. The number of esters is 2. The fourth-order valence-electron chi connectivity index (χ4n) is 2.11. The highest BCUT2D eigenvalue weighted by Crippen LogP contribution is 2.01. The minimum atomic E-state index is -0.383. The molecule has 30 heavy (non-hydrogen) atoms. The standard InChI is InChI=1S/C24H22O6/c25-23(21-11-5-3-6-12-21)29-19-17-27-15-9-1-2-10-16-28-18-20-30-24(26)22-13-7-4-8-14-22/h3-8,11-14H,15-20H2. The maximum atomic E-state index is 11.7. The number of ether oxygens (including phenoxy) is 4. The van der Waals surface area contributed by atoms with Gasteiger partial charge in [0.2, 0.25) is 0 Å². The minimum Gasteiger partial charge on any atom is -0.460 e. The van der Waals surface area contributed by atoms with E-state index < -0.39 is 0 Å². The van der Waals surface area contributed by atoms with E-state index in [2.05, 4.69) is 23.7 Å². The van der Waals surface area contributed by atoms with Crippen LogP contribution in [0.3, 0.4) is 0 Å². The molecule has 0 aliphatic rings. The summed E-state index contributed by atoms with van der Waals surface area (Å²) >= 11 is 0. The van der Waals surface area contributed by atoms with E-state index in [0.29, 0.717) is 11.1 Å². The molecule has 6 heteroatoms. The van der Waals surface area contributed by atoms with E-state index in [1.165, 1.54) is 0 Å². The van der Waals surface area contributed by atoms with Gasteiger partial charge in [0, 0.05) is 0 Å². The van der Waals surface area contributed by atoms with Crippen molar-refractivity contribution in [3.8, 4) is 23.7 Å². The van der Waals surface area contributed by atoms with Crippen molar-refractivity contribution in [2.45, 2.75) is 0 Å². The highest BCUT2D eigenvalue weighted by Gasteiger charge is 2.05. The topological polar surface area (TPSA) is 71.1 Å². The summed E-state index contributed by atoms with van der Waals surface area (Å²) in [6.07, 6.45) is 0. The zero-order valence-electron chi connectivity index (χ0n) is 16.5. The van der Waals surface area contributed by atoms with Crippen molar-refractivity contribution in [2.24, 2.45) is 0 Å². The fourth-order valence-corrected chi connectivity index (χ4v) is 2.11. The summed E-state index contributed by atoms with van der Waals surface area (Å²) < 4.78 is 20.6. The first-order valence-electron chi connectivity index (χ1n) is 9.33. The number of carbonyl (C=O) groups is 2. The van der Waals surface area contributed by atoms with Crippen LogP contribution in [0.25, 0.3) is 0 Å². The number of rotatable bonds is 10. The smallest absolute Gasteiger partial charge is 0.338 e. The SMILES string of the molecule is O=C(OCCOCC#CC#CCOCCOC(=O)c1ccccc1)c1ccccc1. The molecule has 0 radical (unpaired) electrons. The predicted octanol–water partition coefficient (Wildman–Crippen LogP) is 2.74. The third kappa shape index (κ3) is 9.57. The molecule has 0 bridgehead atoms. The van der Waals surface area contributed by atoms with E-state index in [-0.39, 0.29) is 51.6 Å². The van der Waals surface area contributed by atoms with Crippen LogP contribution in [0.1, 0.15) is 20.7 Å². The molecule has 0 saturated heterocycles. The van der Waals surface area contributed by atoms with E-state index in [9.17, 15) is 9.59 Å². The van der Waals surface area contributed by atoms with Crippen molar-refractivity contribution in [1.82, 2.24) is 0 Å². The highest BCUT2D eigenvalue weighted by molar-refractivity contribution is 5.89. The van der Waals surface area contributed by atoms with E-state index in [1.54, 1.807) is 48.5 Å². The van der Waals surface area contributed by atoms with Gasteiger partial charge in [0.1, 0.15) is 26.4 Å². The Morgan fingerprint density at radius 2 is 1.00 bits per heavy atom. The fraction of sp³-hybridized carbons (Fsp3) is 0.250. The summed E-state index contributed by atoms with van der Waals surface area (Å²) in [7, 11) is 0. The third-order valence-electron chi connectivity index (χ3n) is 3.53. The molecule has 2 rings (SSSR count). The summed E-state index contributed by atoms with van der Waals surface area (Å²) in [5.41, 5.74) is 1.01. The summed E-state index contributed by atoms with van der Waals surface area (Å²) in [5.74, 6) is 9.96. The van der Waals surface area contributed by atoms with Crippen molar-refractivity contribution >= 4 is 11.9 Å². The lowest BCUT2D eigenvalue weighted by molar-refractivity contribution is 0.0352. The van der Waals surface area contributed by atoms with Gasteiger partial charge in [-0.25, -0.2) is 9.59 Å². The van der Waals surface area contributed by atoms with Crippen LogP contribution in [0, 0.1) is 23.7 Å². The van der Waals surface area contributed by atoms with Gasteiger partial charge in [0.25, 0.3) is 0 Å². The van der Waals surface area contributed by atoms with Gasteiger partial charge in [-0.15, -0.1) is 0 Å². The first-order chi connectivity index (χ1) is 14.8. The second kappa shape index (κ2) is 14.4. The summed E-state index contributed by atoms with van der Waals surface area (Å²) in [6, 6.07) is 17.5. The molecular weight excluding hydrogens is 384 g/mol. The van der Waals surface area contributed by atoms with Crippen LogP contribution in [0.15, 0.2) is 60.7 Å². The second-order valence-electron chi connectivity index (χ2n) is 5.71. The summed E-state index contributed by atoms with van der Waals surface area (Å²) in [5, 5.41) is 0. The average Bonchev–Trinajstić information content (AvgIpc) is 2.80. The molecule has 0 N–H and O–H groups in total. The number of carbonyl (C=O) groups excluding carboxylic acids is 2. The Labute approximate surface area is 176 Å². The predicted molar refractivity (Wildman–Crippen MR) is 111 cm³/mol. The molecule has 2 aromatic rings. The Kier molecular flexibility index (Phi) is 10.9. The van der Waals surface area contributed by atoms with Crippen LogP contribution in [0.4, 0.5) is 0 Å². The maximum absolute atomic E-state index is 11.7. The van der Waals surface area contributed by atoms with Crippen molar-refractivity contribution in [3.05, 3.63) is 71.8 Å². The van der Waals surface area contributed by atoms with Crippen molar-refractivity contribution in [2.75, 3.05) is 39.6 Å². The molecule has 2 aromatic carbocycles. The van der Waals surface area contributed by atoms with Gasteiger partial charge in [-0.1, -0.05) is 48.2 Å². The van der Waals surface area contributed by atoms with Gasteiger partial charge in [-0.2, -0.15) is 0 Å². The van der Waals surface area contributed by atoms with Crippen molar-refractivity contribution in [3.63, 3.8) is 0 Å². The zero-order chi connectivity index (χ0) is 21.3. The van der Waals surface area contributed by atoms with Crippen LogP contribution < -0.4 is 0 Å². The van der Waals surface area contributed by atoms with E-state index in [1.807, 2.05) is 12.1 Å². The van der Waals surface area contributed by atoms with Crippen molar-refractivity contribution in [1.29, 1.82) is 0 Å². The maximum Gasteiger partial charge on any atom is 0.338 e. The normalized spacial score (nSPS) is 9.47. The Morgan fingerprint density at radius 1 is 0.600 bits per heavy atom. The van der Waals surface area contributed by atoms with Crippen LogP contribution in [-0.4, -0.2) is 51.6 Å². The number of benzene rings is 2. The van der Waals surface area contributed by atoms with Gasteiger partial charge in [0.05, 0.1) is 24.3 Å². The van der Waals surface area contributed by atoms with E-state index >= 15 is 0 Å². The molecule has 0 aliphatic carbocycles. The minimum absolute atomic E-state index is 0.157. The molecule has 0 heterocycles. The van der Waals surface area contributed by atoms with Crippen molar-refractivity contribution < 1.29 is 28.5 Å². The summed E-state index contributed by atoms with van der Waals surface area (Å²) in [4.78, 5) is 23.4. The number of hydrogen-bond acceptors (Lipinski definition) is 6. The molecular formula is C24H22O6. The van der Waals surface area contributed by atoms with Crippen LogP contribution in [0.5, 0.6) is 0 Å². The molecule has 0 spiro atoms. The van der Waals surface area contributed by atoms with Gasteiger partial charge < -0.3 is 18.9 Å². The molecule has 0 amide bonds. The third-order valence-corrected chi connectivity index (χ3v) is 3.53. The number of hydrogen-bond donors (Lipinski definition) is 0. The van der Waals surface area contributed by atoms with Gasteiger partial charge in [-0.05, 0) is 36.1 Å². The van der Waals surface area contributed by atoms with Crippen LogP contribution >= 0.6 is 0 Å². The second-order valence-corrected chi connectivity index (χ2v) is 5.71. The largest absolute Gasteiger partial charge is 0.460 e. The molecule has 0 unspecified atom stereocenters. The van der Waals surface area contributed by atoms with Crippen LogP contribution in [0.2, 0.25) is 0 Å². The first-order valence-corrected chi connectivity index (χ1v) is 9.33. The average molecular weight is 406 g/mol. The molecule has 0 aliphatic heterocycles. The molecule has 0 saturated carbocycles. The zero-order valence-corrected chi connectivity index (χ0v) is 16.5. The van der Waals surface area contributed by atoms with Gasteiger partial charge >= 0.3 is 11.9 Å².